The third-order valence-electron chi connectivity index (χ3n) is 7.73. The Kier molecular flexibility index (Phi) is 8.08. The fourth-order valence-corrected chi connectivity index (χ4v) is 5.89. The minimum Gasteiger partial charge on any atom is -0.369 e. The Bertz CT molecular complexity index is 1130. The fourth-order valence-electron chi connectivity index (χ4n) is 5.89. The Morgan fingerprint density at radius 2 is 1.69 bits per heavy atom. The summed E-state index contributed by atoms with van der Waals surface area (Å²) in [5.41, 5.74) is 7.41. The van der Waals surface area contributed by atoms with Crippen molar-refractivity contribution in [3.63, 3.8) is 0 Å². The van der Waals surface area contributed by atoms with E-state index in [-0.39, 0.29) is 11.8 Å². The van der Waals surface area contributed by atoms with Crippen LogP contribution in [0, 0.1) is 24.7 Å². The molecular formula is C31H38N3O+. The average Bonchev–Trinajstić information content (AvgIpc) is 3.50. The van der Waals surface area contributed by atoms with Crippen molar-refractivity contribution in [2.45, 2.75) is 76.8 Å². The summed E-state index contributed by atoms with van der Waals surface area (Å²) in [4.78, 5) is 13.3. The Morgan fingerprint density at radius 1 is 1.03 bits per heavy atom. The molecule has 182 valence electrons. The summed E-state index contributed by atoms with van der Waals surface area (Å²) in [6, 6.07) is 20.6. The van der Waals surface area contributed by atoms with E-state index < -0.39 is 5.41 Å². The van der Waals surface area contributed by atoms with Gasteiger partial charge in [0, 0.05) is 13.3 Å². The zero-order valence-electron chi connectivity index (χ0n) is 21.1. The summed E-state index contributed by atoms with van der Waals surface area (Å²) in [5.74, 6) is 7.73. The SMILES string of the molecule is CCCCCC#CC[n+]1ccn([C@@H]2CC[C@H](C(C(N)=O)(c3ccccc3)c3ccccc3)C2)c1C. The van der Waals surface area contributed by atoms with Crippen LogP contribution < -0.4 is 10.3 Å². The Labute approximate surface area is 210 Å². The number of primary amides is 1. The number of benzene rings is 2. The summed E-state index contributed by atoms with van der Waals surface area (Å²) in [5, 5.41) is 0. The minimum atomic E-state index is -0.835. The van der Waals surface area contributed by atoms with E-state index in [1.54, 1.807) is 0 Å². The van der Waals surface area contributed by atoms with Gasteiger partial charge in [-0.2, -0.15) is 0 Å². The van der Waals surface area contributed by atoms with Gasteiger partial charge in [-0.05, 0) is 42.7 Å². The van der Waals surface area contributed by atoms with Crippen molar-refractivity contribution in [1.82, 2.24) is 4.57 Å². The number of nitrogens with zero attached hydrogens (tertiary/aromatic N) is 2. The molecule has 1 saturated carbocycles. The van der Waals surface area contributed by atoms with Crippen LogP contribution in [0.25, 0.3) is 0 Å². The lowest BCUT2D eigenvalue weighted by Crippen LogP contribution is -2.47. The molecule has 0 radical (unpaired) electrons. The molecule has 0 bridgehead atoms. The molecule has 3 aromatic rings. The number of unbranched alkanes of at least 4 members (excludes halogenated alkanes) is 3. The second kappa shape index (κ2) is 11.4. The molecule has 35 heavy (non-hydrogen) atoms. The maximum Gasteiger partial charge on any atom is 0.254 e. The molecular weight excluding hydrogens is 430 g/mol. The van der Waals surface area contributed by atoms with Crippen LogP contribution in [0.5, 0.6) is 0 Å². The van der Waals surface area contributed by atoms with Crippen LogP contribution in [0.15, 0.2) is 73.1 Å². The lowest BCUT2D eigenvalue weighted by atomic mass is 9.64. The minimum absolute atomic E-state index is 0.128. The van der Waals surface area contributed by atoms with Gasteiger partial charge in [-0.25, -0.2) is 9.13 Å². The molecule has 0 saturated heterocycles. The van der Waals surface area contributed by atoms with Crippen molar-refractivity contribution in [2.75, 3.05) is 0 Å². The van der Waals surface area contributed by atoms with Crippen LogP contribution in [0.2, 0.25) is 0 Å². The van der Waals surface area contributed by atoms with Gasteiger partial charge in [0.15, 0.2) is 6.54 Å². The number of nitrogens with two attached hydrogens (primary N) is 1. The topological polar surface area (TPSA) is 51.9 Å². The second-order valence-corrected chi connectivity index (χ2v) is 9.76. The van der Waals surface area contributed by atoms with E-state index in [2.05, 4.69) is 71.5 Å². The molecule has 1 aliphatic carbocycles. The monoisotopic (exact) mass is 468 g/mol. The van der Waals surface area contributed by atoms with Gasteiger partial charge in [0.05, 0.1) is 0 Å². The Balaban J connectivity index is 1.59. The first-order valence-electron chi connectivity index (χ1n) is 13.0. The van der Waals surface area contributed by atoms with Crippen molar-refractivity contribution in [3.05, 3.63) is 90.0 Å². The van der Waals surface area contributed by atoms with Gasteiger partial charge in [-0.1, -0.05) is 92.3 Å². The molecule has 4 heteroatoms. The summed E-state index contributed by atoms with van der Waals surface area (Å²) >= 11 is 0. The lowest BCUT2D eigenvalue weighted by Gasteiger charge is -2.37. The van der Waals surface area contributed by atoms with Gasteiger partial charge in [0.2, 0.25) is 5.91 Å². The maximum absolute atomic E-state index is 13.3. The zero-order chi connectivity index (χ0) is 24.7. The van der Waals surface area contributed by atoms with E-state index in [4.69, 9.17) is 5.73 Å². The highest BCUT2D eigenvalue weighted by molar-refractivity contribution is 5.91. The molecule has 2 N–H and O–H groups in total. The fraction of sp³-hybridized carbons (Fsp3) is 0.419. The number of aromatic nitrogens is 2. The molecule has 1 heterocycles. The molecule has 1 amide bonds. The van der Waals surface area contributed by atoms with E-state index in [9.17, 15) is 4.79 Å². The molecule has 2 aromatic carbocycles. The normalized spacial score (nSPS) is 17.7. The number of amides is 1. The van der Waals surface area contributed by atoms with Crippen LogP contribution in [-0.2, 0) is 16.8 Å². The second-order valence-electron chi connectivity index (χ2n) is 9.76. The first kappa shape index (κ1) is 24.8. The zero-order valence-corrected chi connectivity index (χ0v) is 21.1. The molecule has 0 spiro atoms. The smallest absolute Gasteiger partial charge is 0.254 e. The van der Waals surface area contributed by atoms with Crippen molar-refractivity contribution in [3.8, 4) is 11.8 Å². The van der Waals surface area contributed by atoms with Gasteiger partial charge in [-0.15, -0.1) is 0 Å². The number of rotatable bonds is 9. The molecule has 1 aromatic heterocycles. The average molecular weight is 469 g/mol. The third kappa shape index (κ3) is 5.05. The van der Waals surface area contributed by atoms with Gasteiger partial charge < -0.3 is 5.73 Å². The first-order chi connectivity index (χ1) is 17.1. The summed E-state index contributed by atoms with van der Waals surface area (Å²) < 4.78 is 4.61. The Hall–Kier alpha value is -3.32. The van der Waals surface area contributed by atoms with Crippen molar-refractivity contribution >= 4 is 5.91 Å². The van der Waals surface area contributed by atoms with Gasteiger partial charge >= 0.3 is 0 Å². The quantitative estimate of drug-likeness (QED) is 0.252. The standard InChI is InChI=1S/C31H37N3O/c1-3-4-5-6-7-14-21-33-22-23-34(25(33)2)29-20-19-28(24-29)31(30(32)35,26-15-10-8-11-16-26)27-17-12-9-13-18-27/h8-13,15-18,22-23,28-29H,3-6,19-21,24H2,1-2H3,(H-,32,35)/p+1/t28-,29+/m0/s1. The summed E-state index contributed by atoms with van der Waals surface area (Å²) in [6.07, 6.45) is 11.8. The van der Waals surface area contributed by atoms with E-state index in [0.717, 1.165) is 43.4 Å². The maximum atomic E-state index is 13.3. The van der Waals surface area contributed by atoms with Crippen LogP contribution in [0.1, 0.15) is 74.9 Å². The van der Waals surface area contributed by atoms with Crippen LogP contribution in [0.4, 0.5) is 0 Å². The molecule has 0 unspecified atom stereocenters. The highest BCUT2D eigenvalue weighted by atomic mass is 16.1. The highest BCUT2D eigenvalue weighted by Gasteiger charge is 2.51. The molecule has 1 fully saturated rings. The van der Waals surface area contributed by atoms with E-state index in [1.807, 2.05) is 36.4 Å². The molecule has 4 nitrogen and oxygen atoms in total. The van der Waals surface area contributed by atoms with Gasteiger partial charge in [-0.3, -0.25) is 4.79 Å². The van der Waals surface area contributed by atoms with Gasteiger partial charge in [0.25, 0.3) is 5.82 Å². The predicted molar refractivity (Wildman–Crippen MR) is 141 cm³/mol. The lowest BCUT2D eigenvalue weighted by molar-refractivity contribution is -0.690. The summed E-state index contributed by atoms with van der Waals surface area (Å²) in [6.45, 7) is 5.11. The predicted octanol–water partition coefficient (Wildman–Crippen LogP) is 5.48. The molecule has 1 aliphatic rings. The number of carbonyl (C=O) groups excluding carboxylic acids is 1. The highest BCUT2D eigenvalue weighted by Crippen LogP contribution is 2.49. The van der Waals surface area contributed by atoms with Crippen molar-refractivity contribution in [2.24, 2.45) is 11.7 Å². The van der Waals surface area contributed by atoms with Crippen molar-refractivity contribution < 1.29 is 9.36 Å². The van der Waals surface area contributed by atoms with E-state index in [0.29, 0.717) is 6.04 Å². The third-order valence-corrected chi connectivity index (χ3v) is 7.73. The molecule has 4 rings (SSSR count). The largest absolute Gasteiger partial charge is 0.369 e. The van der Waals surface area contributed by atoms with Gasteiger partial charge in [0.1, 0.15) is 23.9 Å². The van der Waals surface area contributed by atoms with Crippen LogP contribution in [0.3, 0.4) is 0 Å². The Morgan fingerprint density at radius 3 is 2.29 bits per heavy atom. The molecule has 0 aliphatic heterocycles. The first-order valence-corrected chi connectivity index (χ1v) is 13.0. The molecule has 2 atom stereocenters. The number of hydrogen-bond donors (Lipinski definition) is 1. The van der Waals surface area contributed by atoms with E-state index >= 15 is 0 Å². The number of carbonyl (C=O) groups is 1. The van der Waals surface area contributed by atoms with Crippen LogP contribution in [-0.4, -0.2) is 10.5 Å². The summed E-state index contributed by atoms with van der Waals surface area (Å²) in [7, 11) is 0. The number of hydrogen-bond acceptors (Lipinski definition) is 1. The number of imidazole rings is 1. The van der Waals surface area contributed by atoms with Crippen LogP contribution >= 0.6 is 0 Å². The van der Waals surface area contributed by atoms with Crippen molar-refractivity contribution in [1.29, 1.82) is 0 Å². The van der Waals surface area contributed by atoms with E-state index in [1.165, 1.54) is 25.1 Å².